The van der Waals surface area contributed by atoms with Gasteiger partial charge in [0.1, 0.15) is 0 Å². The van der Waals surface area contributed by atoms with Crippen LogP contribution in [0.2, 0.25) is 0 Å². The highest BCUT2D eigenvalue weighted by molar-refractivity contribution is 5.78. The first-order valence-corrected chi connectivity index (χ1v) is 10.1. The van der Waals surface area contributed by atoms with E-state index in [1.807, 2.05) is 6.08 Å². The van der Waals surface area contributed by atoms with Crippen molar-refractivity contribution < 1.29 is 0 Å². The van der Waals surface area contributed by atoms with Crippen molar-refractivity contribution in [2.75, 3.05) is 33.2 Å². The van der Waals surface area contributed by atoms with Crippen LogP contribution in [0.15, 0.2) is 60.7 Å². The molecule has 1 aromatic heterocycles. The molecule has 0 amide bonds. The van der Waals surface area contributed by atoms with E-state index in [9.17, 15) is 0 Å². The molecular formula is C23H31N5. The van der Waals surface area contributed by atoms with Crippen molar-refractivity contribution in [3.05, 3.63) is 71.9 Å². The van der Waals surface area contributed by atoms with Crippen LogP contribution in [0.1, 0.15) is 25.0 Å². The Morgan fingerprint density at radius 3 is 2.61 bits per heavy atom. The van der Waals surface area contributed by atoms with Gasteiger partial charge in [0.05, 0.1) is 22.4 Å². The van der Waals surface area contributed by atoms with Gasteiger partial charge in [-0.2, -0.15) is 0 Å². The van der Waals surface area contributed by atoms with Crippen molar-refractivity contribution in [3.8, 4) is 0 Å². The minimum absolute atomic E-state index is 0.751. The standard InChI is InChI=1S/C23H31N5/c1-5-8-22(28-13-11-27(4)12-14-28)20(7-3)26-17-18-15-19(6-2)23-21(16-18)24-9-10-25-23/h5,7-10,15-16,26H,1,6,11-14,17H2,2-4H3/b20-7+,22-8+. The molecule has 28 heavy (non-hydrogen) atoms. The summed E-state index contributed by atoms with van der Waals surface area (Å²) < 4.78 is 0. The molecule has 0 saturated carbocycles. The molecule has 5 heteroatoms. The SMILES string of the molecule is C=C/C=C(\C(=C/C)NCc1cc(CC)c2nccnc2c1)N1CCN(C)CC1. The zero-order chi connectivity index (χ0) is 19.9. The Labute approximate surface area is 168 Å². The van der Waals surface area contributed by atoms with Crippen LogP contribution in [-0.2, 0) is 13.0 Å². The van der Waals surface area contributed by atoms with Gasteiger partial charge in [-0.3, -0.25) is 9.97 Å². The van der Waals surface area contributed by atoms with Crippen molar-refractivity contribution in [3.63, 3.8) is 0 Å². The van der Waals surface area contributed by atoms with Gasteiger partial charge in [0.15, 0.2) is 0 Å². The van der Waals surface area contributed by atoms with Crippen LogP contribution in [0.3, 0.4) is 0 Å². The number of likely N-dealkylation sites (N-methyl/N-ethyl adjacent to an activating group) is 1. The summed E-state index contributed by atoms with van der Waals surface area (Å²) in [5.41, 5.74) is 6.78. The van der Waals surface area contributed by atoms with E-state index in [2.05, 4.69) is 76.8 Å². The molecular weight excluding hydrogens is 346 g/mol. The summed E-state index contributed by atoms with van der Waals surface area (Å²) in [6, 6.07) is 4.37. The highest BCUT2D eigenvalue weighted by atomic mass is 15.3. The van der Waals surface area contributed by atoms with Gasteiger partial charge >= 0.3 is 0 Å². The molecule has 1 saturated heterocycles. The zero-order valence-corrected chi connectivity index (χ0v) is 17.3. The molecule has 0 spiro atoms. The third-order valence-corrected chi connectivity index (χ3v) is 5.26. The lowest BCUT2D eigenvalue weighted by Crippen LogP contribution is -2.44. The van der Waals surface area contributed by atoms with Crippen LogP contribution < -0.4 is 5.32 Å². The molecule has 3 rings (SSSR count). The van der Waals surface area contributed by atoms with E-state index in [0.717, 1.165) is 55.9 Å². The highest BCUT2D eigenvalue weighted by Crippen LogP contribution is 2.20. The van der Waals surface area contributed by atoms with Gasteiger partial charge in [-0.1, -0.05) is 31.7 Å². The molecule has 5 nitrogen and oxygen atoms in total. The molecule has 2 heterocycles. The van der Waals surface area contributed by atoms with E-state index in [4.69, 9.17) is 0 Å². The summed E-state index contributed by atoms with van der Waals surface area (Å²) in [5, 5.41) is 3.64. The second-order valence-corrected chi connectivity index (χ2v) is 7.17. The van der Waals surface area contributed by atoms with Crippen LogP contribution in [0.4, 0.5) is 0 Å². The molecule has 1 N–H and O–H groups in total. The van der Waals surface area contributed by atoms with E-state index in [-0.39, 0.29) is 0 Å². The zero-order valence-electron chi connectivity index (χ0n) is 17.3. The van der Waals surface area contributed by atoms with Gasteiger partial charge < -0.3 is 15.1 Å². The lowest BCUT2D eigenvalue weighted by Gasteiger charge is -2.36. The molecule has 0 unspecified atom stereocenters. The van der Waals surface area contributed by atoms with E-state index in [1.165, 1.54) is 16.8 Å². The second kappa shape index (κ2) is 9.51. The summed E-state index contributed by atoms with van der Waals surface area (Å²) in [7, 11) is 2.18. The highest BCUT2D eigenvalue weighted by Gasteiger charge is 2.18. The summed E-state index contributed by atoms with van der Waals surface area (Å²) in [4.78, 5) is 13.8. The van der Waals surface area contributed by atoms with E-state index < -0.39 is 0 Å². The smallest absolute Gasteiger partial charge is 0.0918 e. The molecule has 1 aliphatic rings. The van der Waals surface area contributed by atoms with Gasteiger partial charge in [-0.05, 0) is 43.7 Å². The Morgan fingerprint density at radius 1 is 1.18 bits per heavy atom. The molecule has 1 aromatic carbocycles. The number of hydrogen-bond donors (Lipinski definition) is 1. The maximum absolute atomic E-state index is 4.50. The van der Waals surface area contributed by atoms with Crippen molar-refractivity contribution in [2.45, 2.75) is 26.8 Å². The number of benzene rings is 1. The van der Waals surface area contributed by atoms with Gasteiger partial charge in [-0.25, -0.2) is 0 Å². The average Bonchev–Trinajstić information content (AvgIpc) is 2.73. The maximum Gasteiger partial charge on any atom is 0.0918 e. The first-order chi connectivity index (χ1) is 13.7. The molecule has 1 aliphatic heterocycles. The molecule has 148 valence electrons. The normalized spacial score (nSPS) is 16.5. The first-order valence-electron chi connectivity index (χ1n) is 10.1. The Hall–Kier alpha value is -2.66. The fourth-order valence-electron chi connectivity index (χ4n) is 3.65. The van der Waals surface area contributed by atoms with Gasteiger partial charge in [0, 0.05) is 45.1 Å². The molecule has 2 aromatic rings. The molecule has 1 fully saturated rings. The fourth-order valence-corrected chi connectivity index (χ4v) is 3.65. The minimum atomic E-state index is 0.751. The Kier molecular flexibility index (Phi) is 6.82. The molecule has 0 aliphatic carbocycles. The number of rotatable bonds is 7. The van der Waals surface area contributed by atoms with Crippen LogP contribution in [0.25, 0.3) is 11.0 Å². The number of piperazine rings is 1. The van der Waals surface area contributed by atoms with Crippen LogP contribution in [0.5, 0.6) is 0 Å². The average molecular weight is 378 g/mol. The van der Waals surface area contributed by atoms with Crippen molar-refractivity contribution >= 4 is 11.0 Å². The molecule has 0 bridgehead atoms. The molecule has 0 radical (unpaired) electrons. The Bertz CT molecular complexity index is 876. The number of allylic oxidation sites excluding steroid dienone is 3. The Morgan fingerprint density at radius 2 is 1.93 bits per heavy atom. The van der Waals surface area contributed by atoms with Gasteiger partial charge in [-0.15, -0.1) is 0 Å². The Balaban J connectivity index is 1.78. The monoisotopic (exact) mass is 377 g/mol. The number of fused-ring (bicyclic) bond motifs is 1. The third kappa shape index (κ3) is 4.60. The van der Waals surface area contributed by atoms with Crippen molar-refractivity contribution in [2.24, 2.45) is 0 Å². The van der Waals surface area contributed by atoms with Crippen LogP contribution >= 0.6 is 0 Å². The number of nitrogens with one attached hydrogen (secondary N) is 1. The maximum atomic E-state index is 4.50. The third-order valence-electron chi connectivity index (χ3n) is 5.26. The first kappa shape index (κ1) is 20.1. The predicted molar refractivity (Wildman–Crippen MR) is 117 cm³/mol. The summed E-state index contributed by atoms with van der Waals surface area (Å²) in [6.07, 6.45) is 10.6. The minimum Gasteiger partial charge on any atom is -0.380 e. The van der Waals surface area contributed by atoms with Crippen LogP contribution in [-0.4, -0.2) is 53.0 Å². The molecule has 0 atom stereocenters. The van der Waals surface area contributed by atoms with Crippen molar-refractivity contribution in [1.29, 1.82) is 0 Å². The predicted octanol–water partition coefficient (Wildman–Crippen LogP) is 3.50. The number of nitrogens with zero attached hydrogens (tertiary/aromatic N) is 4. The number of aryl methyl sites for hydroxylation is 1. The van der Waals surface area contributed by atoms with Crippen LogP contribution in [0, 0.1) is 0 Å². The largest absolute Gasteiger partial charge is 0.380 e. The lowest BCUT2D eigenvalue weighted by molar-refractivity contribution is 0.187. The van der Waals surface area contributed by atoms with Gasteiger partial charge in [0.2, 0.25) is 0 Å². The van der Waals surface area contributed by atoms with E-state index >= 15 is 0 Å². The second-order valence-electron chi connectivity index (χ2n) is 7.17. The van der Waals surface area contributed by atoms with E-state index in [0.29, 0.717) is 0 Å². The number of aromatic nitrogens is 2. The topological polar surface area (TPSA) is 44.3 Å². The lowest BCUT2D eigenvalue weighted by atomic mass is 10.1. The summed E-state index contributed by atoms with van der Waals surface area (Å²) >= 11 is 0. The number of hydrogen-bond acceptors (Lipinski definition) is 5. The van der Waals surface area contributed by atoms with E-state index in [1.54, 1.807) is 12.4 Å². The fraction of sp³-hybridized carbons (Fsp3) is 0.391. The van der Waals surface area contributed by atoms with Crippen molar-refractivity contribution in [1.82, 2.24) is 25.1 Å². The quantitative estimate of drug-likeness (QED) is 0.748. The summed E-state index contributed by atoms with van der Waals surface area (Å²) in [5.74, 6) is 0. The summed E-state index contributed by atoms with van der Waals surface area (Å²) in [6.45, 7) is 13.1. The van der Waals surface area contributed by atoms with Gasteiger partial charge in [0.25, 0.3) is 0 Å².